The van der Waals surface area contributed by atoms with E-state index in [4.69, 9.17) is 0 Å². The highest BCUT2D eigenvalue weighted by molar-refractivity contribution is 7.89. The zero-order valence-corrected chi connectivity index (χ0v) is 10.3. The van der Waals surface area contributed by atoms with Crippen LogP contribution in [0.5, 0.6) is 0 Å². The Hall–Kier alpha value is -0.920. The van der Waals surface area contributed by atoms with E-state index in [-0.39, 0.29) is 4.90 Å². The lowest BCUT2D eigenvalue weighted by molar-refractivity contribution is 0.222. The second kappa shape index (κ2) is 4.15. The van der Waals surface area contributed by atoms with Gasteiger partial charge in [-0.15, -0.1) is 0 Å². The van der Waals surface area contributed by atoms with Crippen LogP contribution in [0.3, 0.4) is 0 Å². The van der Waals surface area contributed by atoms with Gasteiger partial charge in [-0.2, -0.15) is 9.40 Å². The van der Waals surface area contributed by atoms with Gasteiger partial charge in [0, 0.05) is 39.4 Å². The molecule has 1 aliphatic heterocycles. The number of aryl methyl sites for hydroxylation is 1. The van der Waals surface area contributed by atoms with Crippen LogP contribution in [-0.4, -0.2) is 60.6 Å². The van der Waals surface area contributed by atoms with Crippen molar-refractivity contribution in [2.24, 2.45) is 7.05 Å². The molecule has 2 heterocycles. The van der Waals surface area contributed by atoms with Crippen LogP contribution in [0.25, 0.3) is 0 Å². The predicted molar refractivity (Wildman–Crippen MR) is 59.5 cm³/mol. The van der Waals surface area contributed by atoms with Gasteiger partial charge in [-0.1, -0.05) is 0 Å². The average molecular weight is 244 g/mol. The van der Waals surface area contributed by atoms with Gasteiger partial charge in [-0.25, -0.2) is 8.42 Å². The summed E-state index contributed by atoms with van der Waals surface area (Å²) in [5.74, 6) is 0. The minimum Gasteiger partial charge on any atom is -0.304 e. The highest BCUT2D eigenvalue weighted by atomic mass is 32.2. The van der Waals surface area contributed by atoms with Gasteiger partial charge in [0.2, 0.25) is 10.0 Å². The first kappa shape index (κ1) is 11.6. The first-order chi connectivity index (χ1) is 7.50. The molecule has 0 radical (unpaired) electrons. The third kappa shape index (κ3) is 2.11. The summed E-state index contributed by atoms with van der Waals surface area (Å²) in [6.07, 6.45) is 2.93. The van der Waals surface area contributed by atoms with Crippen molar-refractivity contribution in [3.63, 3.8) is 0 Å². The summed E-state index contributed by atoms with van der Waals surface area (Å²) in [7, 11) is 0.364. The Morgan fingerprint density at radius 3 is 2.31 bits per heavy atom. The summed E-state index contributed by atoms with van der Waals surface area (Å²) in [6, 6.07) is 0. The molecular formula is C9H16N4O2S. The van der Waals surface area contributed by atoms with Gasteiger partial charge < -0.3 is 4.90 Å². The van der Waals surface area contributed by atoms with Crippen LogP contribution >= 0.6 is 0 Å². The smallest absolute Gasteiger partial charge is 0.246 e. The van der Waals surface area contributed by atoms with Crippen LogP contribution in [0.15, 0.2) is 17.3 Å². The molecular weight excluding hydrogens is 228 g/mol. The van der Waals surface area contributed by atoms with E-state index in [1.807, 2.05) is 7.05 Å². The molecule has 0 unspecified atom stereocenters. The summed E-state index contributed by atoms with van der Waals surface area (Å²) in [6.45, 7) is 2.65. The number of likely N-dealkylation sites (N-methyl/N-ethyl adjacent to an activating group) is 1. The lowest BCUT2D eigenvalue weighted by atomic mass is 10.4. The van der Waals surface area contributed by atoms with Gasteiger partial charge in [-0.3, -0.25) is 4.68 Å². The van der Waals surface area contributed by atoms with Crippen molar-refractivity contribution in [2.45, 2.75) is 4.90 Å². The zero-order valence-electron chi connectivity index (χ0n) is 9.50. The molecule has 0 aromatic carbocycles. The average Bonchev–Trinajstić information content (AvgIpc) is 2.66. The van der Waals surface area contributed by atoms with E-state index in [0.29, 0.717) is 13.1 Å². The van der Waals surface area contributed by atoms with Crippen LogP contribution in [0.2, 0.25) is 0 Å². The summed E-state index contributed by atoms with van der Waals surface area (Å²) in [4.78, 5) is 2.40. The Morgan fingerprint density at radius 2 is 1.81 bits per heavy atom. The van der Waals surface area contributed by atoms with Gasteiger partial charge in [0.15, 0.2) is 0 Å². The highest BCUT2D eigenvalue weighted by Crippen LogP contribution is 2.15. The topological polar surface area (TPSA) is 58.4 Å². The Morgan fingerprint density at radius 1 is 1.19 bits per heavy atom. The minimum absolute atomic E-state index is 0.277. The van der Waals surface area contributed by atoms with Gasteiger partial charge in [0.1, 0.15) is 4.90 Å². The molecule has 6 nitrogen and oxygen atoms in total. The minimum atomic E-state index is -3.34. The summed E-state index contributed by atoms with van der Waals surface area (Å²) in [5.41, 5.74) is 0. The number of aromatic nitrogens is 2. The molecule has 2 rings (SSSR count). The van der Waals surface area contributed by atoms with E-state index in [0.717, 1.165) is 13.1 Å². The Bertz CT molecular complexity index is 460. The van der Waals surface area contributed by atoms with E-state index in [1.165, 1.54) is 21.4 Å². The van der Waals surface area contributed by atoms with Crippen LogP contribution < -0.4 is 0 Å². The monoisotopic (exact) mass is 244 g/mol. The molecule has 0 saturated carbocycles. The lowest BCUT2D eigenvalue weighted by Gasteiger charge is -2.31. The fourth-order valence-electron chi connectivity index (χ4n) is 1.71. The fourth-order valence-corrected chi connectivity index (χ4v) is 3.12. The maximum Gasteiger partial charge on any atom is 0.246 e. The van der Waals surface area contributed by atoms with E-state index < -0.39 is 10.0 Å². The summed E-state index contributed by atoms with van der Waals surface area (Å²) < 4.78 is 27.3. The summed E-state index contributed by atoms with van der Waals surface area (Å²) >= 11 is 0. The number of sulfonamides is 1. The quantitative estimate of drug-likeness (QED) is 0.694. The number of piperazine rings is 1. The second-order valence-electron chi connectivity index (χ2n) is 4.06. The number of hydrogen-bond donors (Lipinski definition) is 0. The van der Waals surface area contributed by atoms with Crippen LogP contribution in [0.1, 0.15) is 0 Å². The van der Waals surface area contributed by atoms with Crippen LogP contribution in [-0.2, 0) is 17.1 Å². The molecule has 0 amide bonds. The molecule has 1 aliphatic rings. The summed E-state index contributed by atoms with van der Waals surface area (Å²) in [5, 5.41) is 3.89. The maximum atomic E-state index is 12.2. The van der Waals surface area contributed by atoms with Crippen LogP contribution in [0.4, 0.5) is 0 Å². The number of rotatable bonds is 2. The number of hydrogen-bond acceptors (Lipinski definition) is 4. The molecule has 1 fully saturated rings. The second-order valence-corrected chi connectivity index (χ2v) is 6.00. The predicted octanol–water partition coefficient (Wildman–Crippen LogP) is -0.644. The van der Waals surface area contributed by atoms with Gasteiger partial charge in [-0.05, 0) is 7.05 Å². The van der Waals surface area contributed by atoms with E-state index in [9.17, 15) is 8.42 Å². The SMILES string of the molecule is CN1CCN(S(=O)(=O)c2cnn(C)c2)CC1. The Labute approximate surface area is 95.5 Å². The first-order valence-corrected chi connectivity index (χ1v) is 6.61. The van der Waals surface area contributed by atoms with Gasteiger partial charge in [0.05, 0.1) is 6.20 Å². The zero-order chi connectivity index (χ0) is 11.8. The van der Waals surface area contributed by atoms with Crippen molar-refractivity contribution in [1.82, 2.24) is 19.0 Å². The fraction of sp³-hybridized carbons (Fsp3) is 0.667. The third-order valence-corrected chi connectivity index (χ3v) is 4.63. The molecule has 1 saturated heterocycles. The van der Waals surface area contributed by atoms with E-state index in [1.54, 1.807) is 7.05 Å². The lowest BCUT2D eigenvalue weighted by Crippen LogP contribution is -2.46. The molecule has 1 aromatic rings. The first-order valence-electron chi connectivity index (χ1n) is 5.17. The standard InChI is InChI=1S/C9H16N4O2S/c1-11-3-5-13(6-4-11)16(14,15)9-7-10-12(2)8-9/h7-8H,3-6H2,1-2H3. The van der Waals surface area contributed by atoms with Crippen molar-refractivity contribution in [3.8, 4) is 0 Å². The Balaban J connectivity index is 2.20. The molecule has 0 bridgehead atoms. The molecule has 90 valence electrons. The van der Waals surface area contributed by atoms with Gasteiger partial charge >= 0.3 is 0 Å². The molecule has 0 aliphatic carbocycles. The van der Waals surface area contributed by atoms with Crippen molar-refractivity contribution >= 4 is 10.0 Å². The van der Waals surface area contributed by atoms with Crippen molar-refractivity contribution in [2.75, 3.05) is 33.2 Å². The van der Waals surface area contributed by atoms with E-state index in [2.05, 4.69) is 10.00 Å². The van der Waals surface area contributed by atoms with Crippen LogP contribution in [0, 0.1) is 0 Å². The number of nitrogens with zero attached hydrogens (tertiary/aromatic N) is 4. The normalized spacial score (nSPS) is 20.1. The molecule has 0 N–H and O–H groups in total. The molecule has 1 aromatic heterocycles. The molecule has 0 spiro atoms. The molecule has 7 heteroatoms. The largest absolute Gasteiger partial charge is 0.304 e. The molecule has 0 atom stereocenters. The van der Waals surface area contributed by atoms with Crippen molar-refractivity contribution in [3.05, 3.63) is 12.4 Å². The maximum absolute atomic E-state index is 12.2. The van der Waals surface area contributed by atoms with Gasteiger partial charge in [0.25, 0.3) is 0 Å². The molecule has 16 heavy (non-hydrogen) atoms. The Kier molecular flexibility index (Phi) is 3.00. The van der Waals surface area contributed by atoms with Crippen molar-refractivity contribution in [1.29, 1.82) is 0 Å². The van der Waals surface area contributed by atoms with E-state index >= 15 is 0 Å². The van der Waals surface area contributed by atoms with Crippen molar-refractivity contribution < 1.29 is 8.42 Å². The third-order valence-electron chi connectivity index (χ3n) is 2.78. The highest BCUT2D eigenvalue weighted by Gasteiger charge is 2.28.